The zero-order valence-electron chi connectivity index (χ0n) is 9.37. The van der Waals surface area contributed by atoms with E-state index in [1.54, 1.807) is 30.1 Å². The fourth-order valence-electron chi connectivity index (χ4n) is 1.54. The van der Waals surface area contributed by atoms with Gasteiger partial charge in [0.25, 0.3) is 0 Å². The Morgan fingerprint density at radius 2 is 2.18 bits per heavy atom. The first-order valence-corrected chi connectivity index (χ1v) is 5.64. The van der Waals surface area contributed by atoms with E-state index in [9.17, 15) is 4.39 Å². The van der Waals surface area contributed by atoms with Crippen LogP contribution in [0.2, 0.25) is 0 Å². The monoisotopic (exact) mass is 299 g/mol. The fourth-order valence-corrected chi connectivity index (χ4v) is 1.98. The number of nitrogen functional groups attached to an aromatic ring is 1. The zero-order valence-corrected chi connectivity index (χ0v) is 11.0. The molecule has 2 rings (SSSR count). The van der Waals surface area contributed by atoms with Crippen LogP contribution in [0.15, 0.2) is 22.8 Å². The van der Waals surface area contributed by atoms with Crippen molar-refractivity contribution in [1.82, 2.24) is 9.78 Å². The summed E-state index contributed by atoms with van der Waals surface area (Å²) in [5.74, 6) is 0.252. The molecule has 0 bridgehead atoms. The van der Waals surface area contributed by atoms with E-state index >= 15 is 0 Å². The van der Waals surface area contributed by atoms with Crippen molar-refractivity contribution in [2.45, 2.75) is 0 Å². The third-order valence-corrected chi connectivity index (χ3v) is 3.09. The number of aromatic nitrogens is 2. The van der Waals surface area contributed by atoms with Crippen LogP contribution in [0.5, 0.6) is 5.75 Å². The molecule has 0 radical (unpaired) electrons. The number of halogens is 2. The minimum atomic E-state index is -0.432. The molecule has 0 saturated heterocycles. The van der Waals surface area contributed by atoms with Crippen molar-refractivity contribution >= 4 is 21.7 Å². The van der Waals surface area contributed by atoms with Gasteiger partial charge in [-0.15, -0.1) is 0 Å². The molecule has 0 unspecified atom stereocenters. The average Bonchev–Trinajstić information content (AvgIpc) is 2.64. The second-order valence-corrected chi connectivity index (χ2v) is 4.40. The summed E-state index contributed by atoms with van der Waals surface area (Å²) in [6, 6.07) is 3.23. The zero-order chi connectivity index (χ0) is 12.6. The van der Waals surface area contributed by atoms with Gasteiger partial charge in [0.05, 0.1) is 17.8 Å². The second kappa shape index (κ2) is 4.37. The van der Waals surface area contributed by atoms with Crippen LogP contribution in [-0.2, 0) is 7.05 Å². The van der Waals surface area contributed by atoms with Gasteiger partial charge in [-0.1, -0.05) is 0 Å². The maximum atomic E-state index is 13.6. The van der Waals surface area contributed by atoms with Gasteiger partial charge in [-0.2, -0.15) is 5.10 Å². The molecule has 0 fully saturated rings. The van der Waals surface area contributed by atoms with Crippen molar-refractivity contribution in [2.75, 3.05) is 12.8 Å². The van der Waals surface area contributed by atoms with Gasteiger partial charge < -0.3 is 10.5 Å². The molecule has 0 atom stereocenters. The molecule has 4 nitrogen and oxygen atoms in total. The van der Waals surface area contributed by atoms with Gasteiger partial charge >= 0.3 is 0 Å². The highest BCUT2D eigenvalue weighted by molar-refractivity contribution is 9.10. The first-order chi connectivity index (χ1) is 8.04. The van der Waals surface area contributed by atoms with Crippen LogP contribution in [0.4, 0.5) is 10.2 Å². The number of hydrogen-bond acceptors (Lipinski definition) is 3. The highest BCUT2D eigenvalue weighted by Crippen LogP contribution is 2.34. The van der Waals surface area contributed by atoms with Gasteiger partial charge in [0.15, 0.2) is 11.6 Å². The normalized spacial score (nSPS) is 10.6. The number of benzene rings is 1. The van der Waals surface area contributed by atoms with Gasteiger partial charge in [0.1, 0.15) is 5.82 Å². The van der Waals surface area contributed by atoms with E-state index in [1.807, 2.05) is 0 Å². The Hall–Kier alpha value is -1.56. The average molecular weight is 300 g/mol. The molecule has 17 heavy (non-hydrogen) atoms. The molecule has 0 spiro atoms. The number of aryl methyl sites for hydroxylation is 1. The predicted octanol–water partition coefficient (Wildman–Crippen LogP) is 2.58. The molecule has 0 amide bonds. The molecule has 0 aliphatic heterocycles. The Bertz CT molecular complexity index is 568. The van der Waals surface area contributed by atoms with Gasteiger partial charge in [-0.25, -0.2) is 4.39 Å². The summed E-state index contributed by atoms with van der Waals surface area (Å²) >= 11 is 3.14. The lowest BCUT2D eigenvalue weighted by atomic mass is 10.1. The predicted molar refractivity (Wildman–Crippen MR) is 67.3 cm³/mol. The molecular formula is C11H11BrFN3O. The lowest BCUT2D eigenvalue weighted by Gasteiger charge is -2.07. The molecule has 0 aliphatic carbocycles. The standard InChI is InChI=1S/C11H11BrFN3O/c1-16-11(14)7(5-15-16)6-3-8(12)10(13)9(4-6)17-2/h3-5H,14H2,1-2H3. The summed E-state index contributed by atoms with van der Waals surface area (Å²) < 4.78 is 20.4. The van der Waals surface area contributed by atoms with E-state index in [-0.39, 0.29) is 5.75 Å². The summed E-state index contributed by atoms with van der Waals surface area (Å²) in [4.78, 5) is 0. The summed E-state index contributed by atoms with van der Waals surface area (Å²) in [5.41, 5.74) is 7.36. The first-order valence-electron chi connectivity index (χ1n) is 4.85. The minimum absolute atomic E-state index is 0.164. The van der Waals surface area contributed by atoms with Crippen LogP contribution in [0.3, 0.4) is 0 Å². The molecule has 0 aliphatic rings. The molecule has 2 N–H and O–H groups in total. The number of ether oxygens (including phenoxy) is 1. The largest absolute Gasteiger partial charge is 0.494 e. The van der Waals surface area contributed by atoms with E-state index in [0.29, 0.717) is 10.3 Å². The smallest absolute Gasteiger partial charge is 0.179 e. The van der Waals surface area contributed by atoms with Crippen molar-refractivity contribution in [3.63, 3.8) is 0 Å². The van der Waals surface area contributed by atoms with Crippen LogP contribution < -0.4 is 10.5 Å². The Labute approximate surface area is 106 Å². The molecule has 2 aromatic rings. The number of methoxy groups -OCH3 is 1. The fraction of sp³-hybridized carbons (Fsp3) is 0.182. The summed E-state index contributed by atoms with van der Waals surface area (Å²) in [6.07, 6.45) is 1.63. The maximum absolute atomic E-state index is 13.6. The summed E-state index contributed by atoms with van der Waals surface area (Å²) in [7, 11) is 3.16. The number of nitrogens with two attached hydrogens (primary N) is 1. The van der Waals surface area contributed by atoms with E-state index in [0.717, 1.165) is 11.1 Å². The van der Waals surface area contributed by atoms with E-state index in [4.69, 9.17) is 10.5 Å². The van der Waals surface area contributed by atoms with E-state index in [1.165, 1.54) is 7.11 Å². The van der Waals surface area contributed by atoms with Crippen molar-refractivity contribution in [1.29, 1.82) is 0 Å². The van der Waals surface area contributed by atoms with Gasteiger partial charge in [0, 0.05) is 12.6 Å². The van der Waals surface area contributed by atoms with Crippen LogP contribution >= 0.6 is 15.9 Å². The molecular weight excluding hydrogens is 289 g/mol. The van der Waals surface area contributed by atoms with Crippen LogP contribution in [0.25, 0.3) is 11.1 Å². The third kappa shape index (κ3) is 2.00. The quantitative estimate of drug-likeness (QED) is 0.927. The Balaban J connectivity index is 2.61. The number of rotatable bonds is 2. The lowest BCUT2D eigenvalue weighted by Crippen LogP contribution is -1.98. The lowest BCUT2D eigenvalue weighted by molar-refractivity contribution is 0.385. The summed E-state index contributed by atoms with van der Waals surface area (Å²) in [6.45, 7) is 0. The third-order valence-electron chi connectivity index (χ3n) is 2.51. The van der Waals surface area contributed by atoms with E-state index in [2.05, 4.69) is 21.0 Å². The number of anilines is 1. The maximum Gasteiger partial charge on any atom is 0.179 e. The van der Waals surface area contributed by atoms with Crippen molar-refractivity contribution < 1.29 is 9.13 Å². The molecule has 90 valence electrons. The Morgan fingerprint density at radius 3 is 2.71 bits per heavy atom. The van der Waals surface area contributed by atoms with E-state index < -0.39 is 5.82 Å². The van der Waals surface area contributed by atoms with Crippen LogP contribution in [0, 0.1) is 5.82 Å². The summed E-state index contributed by atoms with van der Waals surface area (Å²) in [5, 5.41) is 4.04. The topological polar surface area (TPSA) is 53.1 Å². The minimum Gasteiger partial charge on any atom is -0.494 e. The molecule has 1 aromatic heterocycles. The number of hydrogen-bond donors (Lipinski definition) is 1. The van der Waals surface area contributed by atoms with Crippen molar-refractivity contribution in [3.8, 4) is 16.9 Å². The Kier molecular flexibility index (Phi) is 3.06. The first kappa shape index (κ1) is 11.9. The molecule has 6 heteroatoms. The van der Waals surface area contributed by atoms with Gasteiger partial charge in [-0.05, 0) is 33.6 Å². The van der Waals surface area contributed by atoms with Crippen molar-refractivity contribution in [3.05, 3.63) is 28.6 Å². The van der Waals surface area contributed by atoms with Crippen LogP contribution in [-0.4, -0.2) is 16.9 Å². The highest BCUT2D eigenvalue weighted by Gasteiger charge is 2.14. The van der Waals surface area contributed by atoms with Gasteiger partial charge in [-0.3, -0.25) is 4.68 Å². The SMILES string of the molecule is COc1cc(-c2cnn(C)c2N)cc(Br)c1F. The van der Waals surface area contributed by atoms with Crippen molar-refractivity contribution in [2.24, 2.45) is 7.05 Å². The van der Waals surface area contributed by atoms with Crippen LogP contribution in [0.1, 0.15) is 0 Å². The highest BCUT2D eigenvalue weighted by atomic mass is 79.9. The second-order valence-electron chi connectivity index (χ2n) is 3.54. The van der Waals surface area contributed by atoms with Gasteiger partial charge in [0.2, 0.25) is 0 Å². The molecule has 1 aromatic carbocycles. The molecule has 0 saturated carbocycles. The Morgan fingerprint density at radius 1 is 1.47 bits per heavy atom. The number of nitrogens with zero attached hydrogens (tertiary/aromatic N) is 2. The molecule has 1 heterocycles.